The first kappa shape index (κ1) is 17.9. The number of likely N-dealkylation sites (N-methyl/N-ethyl adjacent to an activating group) is 1. The monoisotopic (exact) mass is 382 g/mol. The smallest absolute Gasteiger partial charge is 0.248 e. The molecule has 2 aliphatic heterocycles. The number of aromatic nitrogens is 3. The highest BCUT2D eigenvalue weighted by Crippen LogP contribution is 2.32. The van der Waals surface area contributed by atoms with Gasteiger partial charge in [-0.3, -0.25) is 4.79 Å². The van der Waals surface area contributed by atoms with Crippen LogP contribution in [-0.4, -0.2) is 51.9 Å². The van der Waals surface area contributed by atoms with Gasteiger partial charge in [-0.05, 0) is 25.5 Å². The van der Waals surface area contributed by atoms with Crippen molar-refractivity contribution in [2.24, 2.45) is 4.99 Å². The van der Waals surface area contributed by atoms with Gasteiger partial charge in [0, 0.05) is 48.9 Å². The summed E-state index contributed by atoms with van der Waals surface area (Å²) >= 11 is 0. The Bertz CT molecular complexity index is 1100. The average molecular weight is 382 g/mol. The first-order chi connectivity index (χ1) is 13.5. The number of halogens is 1. The third kappa shape index (κ3) is 2.94. The van der Waals surface area contributed by atoms with Crippen LogP contribution in [0.15, 0.2) is 47.1 Å². The van der Waals surface area contributed by atoms with Gasteiger partial charge >= 0.3 is 0 Å². The topological polar surface area (TPSA) is 84.1 Å². The Balaban J connectivity index is 1.75. The van der Waals surface area contributed by atoms with E-state index in [-0.39, 0.29) is 11.7 Å². The molecule has 4 heterocycles. The maximum atomic E-state index is 14.8. The molecule has 0 spiro atoms. The van der Waals surface area contributed by atoms with Gasteiger partial charge in [0.05, 0.1) is 7.11 Å². The van der Waals surface area contributed by atoms with E-state index in [0.29, 0.717) is 41.3 Å². The van der Waals surface area contributed by atoms with Crippen molar-refractivity contribution in [2.75, 3.05) is 20.7 Å². The van der Waals surface area contributed by atoms with Gasteiger partial charge in [-0.1, -0.05) is 0 Å². The average Bonchev–Trinajstić information content (AvgIpc) is 2.98. The highest BCUT2D eigenvalue weighted by Gasteiger charge is 2.25. The molecule has 0 radical (unpaired) electrons. The normalized spacial score (nSPS) is 16.5. The Hall–Kier alpha value is -3.49. The Morgan fingerprint density at radius 2 is 2.21 bits per heavy atom. The van der Waals surface area contributed by atoms with Crippen LogP contribution in [0.5, 0.6) is 5.88 Å². The molecule has 8 nitrogen and oxygen atoms in total. The second-order valence-corrected chi connectivity index (χ2v) is 6.40. The van der Waals surface area contributed by atoms with Gasteiger partial charge in [0.25, 0.3) is 0 Å². The SMILES string of the molecule is CNC(=O)C1=CN=C2C(F)=CC(c3ccn4nc(C)nc(OC)c34)=CN2CC1. The number of fused-ring (bicyclic) bond motifs is 2. The van der Waals surface area contributed by atoms with Gasteiger partial charge < -0.3 is 15.0 Å². The lowest BCUT2D eigenvalue weighted by molar-refractivity contribution is -0.117. The first-order valence-electron chi connectivity index (χ1n) is 8.77. The van der Waals surface area contributed by atoms with Gasteiger partial charge in [-0.25, -0.2) is 13.9 Å². The van der Waals surface area contributed by atoms with Gasteiger partial charge in [-0.2, -0.15) is 10.1 Å². The second kappa shape index (κ2) is 6.91. The first-order valence-corrected chi connectivity index (χ1v) is 8.77. The van der Waals surface area contributed by atoms with Crippen molar-refractivity contribution in [1.29, 1.82) is 0 Å². The number of nitrogens with one attached hydrogen (secondary N) is 1. The van der Waals surface area contributed by atoms with Crippen LogP contribution >= 0.6 is 0 Å². The molecular formula is C19H19FN6O2. The predicted molar refractivity (Wildman–Crippen MR) is 102 cm³/mol. The molecule has 0 unspecified atom stereocenters. The van der Waals surface area contributed by atoms with E-state index in [1.54, 1.807) is 29.6 Å². The minimum absolute atomic E-state index is 0.185. The Morgan fingerprint density at radius 1 is 1.39 bits per heavy atom. The number of ether oxygens (including phenoxy) is 1. The van der Waals surface area contributed by atoms with Crippen molar-refractivity contribution in [1.82, 2.24) is 24.8 Å². The third-order valence-electron chi connectivity index (χ3n) is 4.64. The zero-order valence-corrected chi connectivity index (χ0v) is 15.7. The van der Waals surface area contributed by atoms with E-state index < -0.39 is 5.83 Å². The van der Waals surface area contributed by atoms with E-state index >= 15 is 0 Å². The molecule has 4 rings (SSSR count). The zero-order valence-electron chi connectivity index (χ0n) is 15.7. The summed E-state index contributed by atoms with van der Waals surface area (Å²) < 4.78 is 21.9. The number of methoxy groups -OCH3 is 1. The fraction of sp³-hybridized carbons (Fsp3) is 0.263. The molecule has 0 bridgehead atoms. The highest BCUT2D eigenvalue weighted by atomic mass is 19.1. The molecule has 2 aromatic heterocycles. The Morgan fingerprint density at radius 3 is 2.96 bits per heavy atom. The van der Waals surface area contributed by atoms with E-state index in [0.717, 1.165) is 5.56 Å². The van der Waals surface area contributed by atoms with Crippen LogP contribution in [0.25, 0.3) is 11.1 Å². The summed E-state index contributed by atoms with van der Waals surface area (Å²) in [5.41, 5.74) is 2.55. The number of aryl methyl sites for hydroxylation is 1. The lowest BCUT2D eigenvalue weighted by Crippen LogP contribution is -2.30. The van der Waals surface area contributed by atoms with Crippen molar-refractivity contribution in [3.63, 3.8) is 0 Å². The van der Waals surface area contributed by atoms with Crippen molar-refractivity contribution < 1.29 is 13.9 Å². The van der Waals surface area contributed by atoms with Crippen molar-refractivity contribution in [3.05, 3.63) is 53.5 Å². The van der Waals surface area contributed by atoms with Crippen molar-refractivity contribution in [2.45, 2.75) is 13.3 Å². The summed E-state index contributed by atoms with van der Waals surface area (Å²) in [6.45, 7) is 2.21. The number of amides is 1. The Labute approximate surface area is 160 Å². The van der Waals surface area contributed by atoms with E-state index in [2.05, 4.69) is 20.4 Å². The summed E-state index contributed by atoms with van der Waals surface area (Å²) in [6.07, 6.45) is 6.89. The van der Waals surface area contributed by atoms with Gasteiger partial charge in [0.1, 0.15) is 11.3 Å². The zero-order chi connectivity index (χ0) is 19.8. The van der Waals surface area contributed by atoms with Crippen LogP contribution in [0.3, 0.4) is 0 Å². The molecule has 144 valence electrons. The summed E-state index contributed by atoms with van der Waals surface area (Å²) in [6, 6.07) is 1.84. The molecule has 0 fully saturated rings. The van der Waals surface area contributed by atoms with Crippen LogP contribution in [0, 0.1) is 6.92 Å². The number of hydrogen-bond donors (Lipinski definition) is 1. The lowest BCUT2D eigenvalue weighted by atomic mass is 10.0. The van der Waals surface area contributed by atoms with E-state index in [1.807, 2.05) is 12.3 Å². The van der Waals surface area contributed by atoms with Crippen LogP contribution in [-0.2, 0) is 4.79 Å². The number of carbonyl (C=O) groups excluding carboxylic acids is 1. The standard InChI is InChI=1S/C19H19FN6O2/c1-11-23-19(28-3)16-14(5-7-26(16)24-11)13-8-15(20)17-22-9-12(18(27)21-2)4-6-25(17)10-13/h5,7-10H,4,6H2,1-3H3,(H,21,27). The molecule has 0 saturated carbocycles. The quantitative estimate of drug-likeness (QED) is 0.878. The number of hydrogen-bond acceptors (Lipinski definition) is 6. The Kier molecular flexibility index (Phi) is 4.42. The maximum absolute atomic E-state index is 14.8. The third-order valence-corrected chi connectivity index (χ3v) is 4.64. The second-order valence-electron chi connectivity index (χ2n) is 6.40. The molecule has 1 amide bonds. The summed E-state index contributed by atoms with van der Waals surface area (Å²) in [5.74, 6) is 0.485. The molecule has 2 aliphatic rings. The van der Waals surface area contributed by atoms with Crippen LogP contribution < -0.4 is 10.1 Å². The minimum Gasteiger partial charge on any atom is -0.479 e. The van der Waals surface area contributed by atoms with Gasteiger partial charge in [-0.15, -0.1) is 0 Å². The minimum atomic E-state index is -0.474. The van der Waals surface area contributed by atoms with E-state index in [9.17, 15) is 9.18 Å². The maximum Gasteiger partial charge on any atom is 0.248 e. The molecule has 0 aliphatic carbocycles. The van der Waals surface area contributed by atoms with E-state index in [4.69, 9.17) is 4.74 Å². The largest absolute Gasteiger partial charge is 0.479 e. The van der Waals surface area contributed by atoms with Gasteiger partial charge in [0.15, 0.2) is 11.7 Å². The fourth-order valence-corrected chi connectivity index (χ4v) is 3.31. The van der Waals surface area contributed by atoms with Crippen LogP contribution in [0.4, 0.5) is 4.39 Å². The summed E-state index contributed by atoms with van der Waals surface area (Å²) in [7, 11) is 3.10. The molecule has 0 aromatic carbocycles. The van der Waals surface area contributed by atoms with E-state index in [1.165, 1.54) is 19.4 Å². The number of rotatable bonds is 3. The number of amidine groups is 1. The predicted octanol–water partition coefficient (Wildman–Crippen LogP) is 1.99. The molecule has 2 aromatic rings. The van der Waals surface area contributed by atoms with Crippen molar-refractivity contribution in [3.8, 4) is 5.88 Å². The van der Waals surface area contributed by atoms with Crippen LogP contribution in [0.2, 0.25) is 0 Å². The van der Waals surface area contributed by atoms with Gasteiger partial charge in [0.2, 0.25) is 11.8 Å². The fourth-order valence-electron chi connectivity index (χ4n) is 3.31. The number of carbonyl (C=O) groups is 1. The molecule has 28 heavy (non-hydrogen) atoms. The summed E-state index contributed by atoms with van der Waals surface area (Å²) in [4.78, 5) is 22.1. The number of allylic oxidation sites excluding steroid dienone is 2. The number of nitrogens with zero attached hydrogens (tertiary/aromatic N) is 5. The highest BCUT2D eigenvalue weighted by molar-refractivity contribution is 6.05. The lowest BCUT2D eigenvalue weighted by Gasteiger charge is -2.24. The molecule has 0 atom stereocenters. The van der Waals surface area contributed by atoms with Crippen LogP contribution in [0.1, 0.15) is 17.8 Å². The van der Waals surface area contributed by atoms with Crippen molar-refractivity contribution >= 4 is 22.8 Å². The summed E-state index contributed by atoms with van der Waals surface area (Å²) in [5, 5.41) is 6.92. The molecule has 9 heteroatoms. The molecule has 0 saturated heterocycles. The molecular weight excluding hydrogens is 363 g/mol. The molecule has 1 N–H and O–H groups in total. The number of aliphatic imine (C=N–C) groups is 1.